The Morgan fingerprint density at radius 1 is 1.15 bits per heavy atom. The van der Waals surface area contributed by atoms with E-state index in [9.17, 15) is 8.42 Å². The number of sulfone groups is 1. The average molecular weight is 467 g/mol. The molecule has 0 amide bonds. The lowest BCUT2D eigenvalue weighted by Crippen LogP contribution is -2.32. The van der Waals surface area contributed by atoms with Crippen molar-refractivity contribution in [2.45, 2.75) is 25.6 Å². The van der Waals surface area contributed by atoms with Gasteiger partial charge >= 0.3 is 0 Å². The van der Waals surface area contributed by atoms with Crippen LogP contribution in [0.4, 0.5) is 22.9 Å². The first-order valence-corrected chi connectivity index (χ1v) is 12.9. The van der Waals surface area contributed by atoms with E-state index in [1.54, 1.807) is 12.3 Å². The van der Waals surface area contributed by atoms with Gasteiger partial charge in [-0.15, -0.1) is 0 Å². The number of nitrogens with one attached hydrogen (secondary N) is 2. The lowest BCUT2D eigenvalue weighted by atomic mass is 10.0. The van der Waals surface area contributed by atoms with Crippen molar-refractivity contribution >= 4 is 32.7 Å². The number of anilines is 4. The maximum absolute atomic E-state index is 11.5. The smallest absolute Gasteiger partial charge is 0.237 e. The molecule has 2 aliphatic heterocycles. The van der Waals surface area contributed by atoms with Crippen LogP contribution >= 0.6 is 0 Å². The third kappa shape index (κ3) is 4.70. The molecule has 0 fully saturated rings. The zero-order valence-electron chi connectivity index (χ0n) is 18.6. The van der Waals surface area contributed by atoms with Crippen LogP contribution in [0.25, 0.3) is 0 Å². The van der Waals surface area contributed by atoms with Gasteiger partial charge in [-0.05, 0) is 42.7 Å². The molecule has 5 heterocycles. The van der Waals surface area contributed by atoms with E-state index in [0.717, 1.165) is 54.5 Å². The third-order valence-corrected chi connectivity index (χ3v) is 6.68. The largest absolute Gasteiger partial charge is 0.474 e. The van der Waals surface area contributed by atoms with Gasteiger partial charge in [-0.3, -0.25) is 4.98 Å². The molecule has 0 unspecified atom stereocenters. The van der Waals surface area contributed by atoms with Crippen molar-refractivity contribution in [2.24, 2.45) is 0 Å². The van der Waals surface area contributed by atoms with Gasteiger partial charge in [-0.1, -0.05) is 0 Å². The first-order chi connectivity index (χ1) is 15.9. The molecule has 10 heteroatoms. The normalized spacial score (nSPS) is 15.2. The van der Waals surface area contributed by atoms with Crippen LogP contribution < -0.4 is 20.3 Å². The summed E-state index contributed by atoms with van der Waals surface area (Å²) < 4.78 is 28.6. The number of nitrogens with zero attached hydrogens (tertiary/aromatic N) is 4. The average Bonchev–Trinajstić information content (AvgIpc) is 2.79. The summed E-state index contributed by atoms with van der Waals surface area (Å²) in [5, 5.41) is 6.68. The zero-order valence-corrected chi connectivity index (χ0v) is 19.4. The standard InChI is InChI=1S/C23H26N6O3S/c1-15-20(12-27-23-22(15)24-6-8-32-23)29-7-5-16-10-26-21(9-17(16)13-29)28-18-3-4-19(25-11-18)14-33(2,30)31/h3-4,9-12,24H,5-8,13-14H2,1-2H3,(H,26,28). The highest BCUT2D eigenvalue weighted by Crippen LogP contribution is 2.36. The molecule has 0 saturated carbocycles. The molecule has 3 aromatic heterocycles. The molecule has 0 atom stereocenters. The summed E-state index contributed by atoms with van der Waals surface area (Å²) in [6.07, 6.45) is 7.56. The molecule has 9 nitrogen and oxygen atoms in total. The Morgan fingerprint density at radius 3 is 2.82 bits per heavy atom. The van der Waals surface area contributed by atoms with E-state index >= 15 is 0 Å². The molecule has 0 spiro atoms. The summed E-state index contributed by atoms with van der Waals surface area (Å²) in [6, 6.07) is 5.60. The van der Waals surface area contributed by atoms with Crippen molar-refractivity contribution in [3.05, 3.63) is 59.2 Å². The second kappa shape index (κ2) is 8.51. The van der Waals surface area contributed by atoms with E-state index < -0.39 is 9.84 Å². The quantitative estimate of drug-likeness (QED) is 0.586. The predicted molar refractivity (Wildman–Crippen MR) is 128 cm³/mol. The fourth-order valence-corrected chi connectivity index (χ4v) is 4.95. The Balaban J connectivity index is 1.33. The van der Waals surface area contributed by atoms with Gasteiger partial charge in [-0.2, -0.15) is 0 Å². The lowest BCUT2D eigenvalue weighted by molar-refractivity contribution is 0.310. The first-order valence-electron chi connectivity index (χ1n) is 10.8. The third-order valence-electron chi connectivity index (χ3n) is 5.86. The van der Waals surface area contributed by atoms with E-state index in [2.05, 4.69) is 43.5 Å². The molecule has 0 saturated heterocycles. The van der Waals surface area contributed by atoms with Gasteiger partial charge in [0.2, 0.25) is 5.88 Å². The Labute approximate surface area is 193 Å². The minimum absolute atomic E-state index is 0.0706. The molecule has 0 bridgehead atoms. The summed E-state index contributed by atoms with van der Waals surface area (Å²) >= 11 is 0. The van der Waals surface area contributed by atoms with Gasteiger partial charge < -0.3 is 20.3 Å². The number of hydrogen-bond acceptors (Lipinski definition) is 9. The highest BCUT2D eigenvalue weighted by molar-refractivity contribution is 7.89. The SMILES string of the molecule is Cc1c(N2CCc3cnc(Nc4ccc(CS(C)(=O)=O)nc4)cc3C2)cnc2c1NCCO2. The van der Waals surface area contributed by atoms with Crippen LogP contribution in [-0.4, -0.2) is 49.3 Å². The number of pyridine rings is 3. The monoisotopic (exact) mass is 466 g/mol. The molecule has 0 radical (unpaired) electrons. The molecule has 2 N–H and O–H groups in total. The Hall–Kier alpha value is -3.40. The second-order valence-corrected chi connectivity index (χ2v) is 10.6. The van der Waals surface area contributed by atoms with Crippen LogP contribution in [-0.2, 0) is 28.6 Å². The van der Waals surface area contributed by atoms with Crippen LogP contribution in [0.1, 0.15) is 22.4 Å². The van der Waals surface area contributed by atoms with Crippen LogP contribution in [0.2, 0.25) is 0 Å². The van der Waals surface area contributed by atoms with E-state index in [4.69, 9.17) is 4.74 Å². The highest BCUT2D eigenvalue weighted by Gasteiger charge is 2.23. The van der Waals surface area contributed by atoms with E-state index in [-0.39, 0.29) is 5.75 Å². The Bertz CT molecular complexity index is 1290. The highest BCUT2D eigenvalue weighted by atomic mass is 32.2. The first kappa shape index (κ1) is 21.4. The van der Waals surface area contributed by atoms with E-state index in [0.29, 0.717) is 18.2 Å². The van der Waals surface area contributed by atoms with Crippen LogP contribution in [0.5, 0.6) is 5.88 Å². The van der Waals surface area contributed by atoms with Gasteiger partial charge in [0.1, 0.15) is 18.1 Å². The molecule has 5 rings (SSSR count). The number of rotatable bonds is 5. The van der Waals surface area contributed by atoms with Gasteiger partial charge in [0.15, 0.2) is 9.84 Å². The molecular weight excluding hydrogens is 440 g/mol. The van der Waals surface area contributed by atoms with E-state index in [1.807, 2.05) is 18.5 Å². The molecule has 33 heavy (non-hydrogen) atoms. The van der Waals surface area contributed by atoms with Crippen molar-refractivity contribution in [1.29, 1.82) is 0 Å². The minimum atomic E-state index is -3.11. The maximum Gasteiger partial charge on any atom is 0.237 e. The van der Waals surface area contributed by atoms with Crippen molar-refractivity contribution in [2.75, 3.05) is 41.5 Å². The topological polar surface area (TPSA) is 109 Å². The molecular formula is C23H26N6O3S. The summed E-state index contributed by atoms with van der Waals surface area (Å²) in [6.45, 7) is 5.18. The van der Waals surface area contributed by atoms with Gasteiger partial charge in [0.25, 0.3) is 0 Å². The van der Waals surface area contributed by atoms with Gasteiger partial charge in [0.05, 0.1) is 35.2 Å². The molecule has 3 aromatic rings. The molecule has 172 valence electrons. The maximum atomic E-state index is 11.5. The van der Waals surface area contributed by atoms with Gasteiger partial charge in [-0.25, -0.2) is 18.4 Å². The number of fused-ring (bicyclic) bond motifs is 2. The van der Waals surface area contributed by atoms with Crippen LogP contribution in [0.15, 0.2) is 36.8 Å². The van der Waals surface area contributed by atoms with Crippen LogP contribution in [0, 0.1) is 6.92 Å². The van der Waals surface area contributed by atoms with Crippen molar-refractivity contribution in [3.8, 4) is 5.88 Å². The fourth-order valence-electron chi connectivity index (χ4n) is 4.24. The molecule has 0 aromatic carbocycles. The van der Waals surface area contributed by atoms with Crippen LogP contribution in [0.3, 0.4) is 0 Å². The second-order valence-electron chi connectivity index (χ2n) is 8.47. The summed E-state index contributed by atoms with van der Waals surface area (Å²) in [4.78, 5) is 15.7. The minimum Gasteiger partial charge on any atom is -0.474 e. The van der Waals surface area contributed by atoms with Crippen molar-refractivity contribution < 1.29 is 13.2 Å². The van der Waals surface area contributed by atoms with Gasteiger partial charge in [0, 0.05) is 37.7 Å². The summed E-state index contributed by atoms with van der Waals surface area (Å²) in [7, 11) is -3.11. The van der Waals surface area contributed by atoms with Crippen molar-refractivity contribution in [1.82, 2.24) is 15.0 Å². The summed E-state index contributed by atoms with van der Waals surface area (Å²) in [5.74, 6) is 1.33. The molecule has 2 aliphatic rings. The molecule has 0 aliphatic carbocycles. The predicted octanol–water partition coefficient (Wildman–Crippen LogP) is 2.84. The van der Waals surface area contributed by atoms with Crippen molar-refractivity contribution in [3.63, 3.8) is 0 Å². The number of ether oxygens (including phenoxy) is 1. The van der Waals surface area contributed by atoms with E-state index in [1.165, 1.54) is 17.4 Å². The number of hydrogen-bond donors (Lipinski definition) is 2. The lowest BCUT2D eigenvalue weighted by Gasteiger charge is -2.33. The number of aromatic nitrogens is 3. The Kier molecular flexibility index (Phi) is 5.53. The summed E-state index contributed by atoms with van der Waals surface area (Å²) in [5.41, 5.74) is 6.96. The fraction of sp³-hybridized carbons (Fsp3) is 0.348. The zero-order chi connectivity index (χ0) is 23.0. The Morgan fingerprint density at radius 2 is 2.03 bits per heavy atom.